The van der Waals surface area contributed by atoms with Gasteiger partial charge in [-0.25, -0.2) is 0 Å². The normalized spacial score (nSPS) is 24.2. The van der Waals surface area contributed by atoms with Crippen LogP contribution >= 0.6 is 0 Å². The lowest BCUT2D eigenvalue weighted by molar-refractivity contribution is 0.136. The molecule has 1 heterocycles. The molecule has 2 N–H and O–H groups in total. The smallest absolute Gasteiger partial charge is 0.0804 e. The molecule has 0 saturated carbocycles. The van der Waals surface area contributed by atoms with Gasteiger partial charge in [-0.3, -0.25) is 0 Å². The van der Waals surface area contributed by atoms with E-state index in [4.69, 9.17) is 0 Å². The molecule has 0 aliphatic carbocycles. The molecule has 0 amide bonds. The molecule has 0 radical (unpaired) electrons. The minimum atomic E-state index is -0.341. The summed E-state index contributed by atoms with van der Waals surface area (Å²) in [7, 11) is 0. The Hall–Kier alpha value is -0.860. The first-order valence-corrected chi connectivity index (χ1v) is 8.58. The zero-order valence-corrected chi connectivity index (χ0v) is 13.8. The van der Waals surface area contributed by atoms with Gasteiger partial charge in [0.1, 0.15) is 0 Å². The molecule has 0 spiro atoms. The third-order valence-electron chi connectivity index (χ3n) is 4.70. The van der Waals surface area contributed by atoms with Gasteiger partial charge < -0.3 is 10.4 Å². The third-order valence-corrected chi connectivity index (χ3v) is 4.70. The van der Waals surface area contributed by atoms with Crippen molar-refractivity contribution < 1.29 is 5.11 Å². The SMILES string of the molecule is CCC1CCNC(CC(O)c2ccc(CC(C)C)cc2)C1. The fraction of sp³-hybridized carbons (Fsp3) is 0.684. The zero-order chi connectivity index (χ0) is 15.2. The highest BCUT2D eigenvalue weighted by molar-refractivity contribution is 5.24. The fourth-order valence-electron chi connectivity index (χ4n) is 3.40. The van der Waals surface area contributed by atoms with Crippen LogP contribution < -0.4 is 5.32 Å². The molecule has 118 valence electrons. The molecule has 1 fully saturated rings. The molecule has 21 heavy (non-hydrogen) atoms. The van der Waals surface area contributed by atoms with Gasteiger partial charge in [0.05, 0.1) is 6.10 Å². The van der Waals surface area contributed by atoms with Crippen molar-refractivity contribution in [1.29, 1.82) is 0 Å². The van der Waals surface area contributed by atoms with Crippen LogP contribution in [0.25, 0.3) is 0 Å². The molecule has 3 atom stereocenters. The molecule has 2 heteroatoms. The van der Waals surface area contributed by atoms with Crippen LogP contribution in [0.5, 0.6) is 0 Å². The highest BCUT2D eigenvalue weighted by Crippen LogP contribution is 2.26. The standard InChI is InChI=1S/C19H31NO/c1-4-15-9-10-20-18(12-15)13-19(21)17-7-5-16(6-8-17)11-14(2)3/h5-8,14-15,18-21H,4,9-13H2,1-3H3. The van der Waals surface area contributed by atoms with E-state index in [0.717, 1.165) is 30.9 Å². The maximum absolute atomic E-state index is 10.5. The Morgan fingerprint density at radius 3 is 2.57 bits per heavy atom. The number of aliphatic hydroxyl groups is 1. The molecule has 1 aliphatic heterocycles. The molecular weight excluding hydrogens is 258 g/mol. The van der Waals surface area contributed by atoms with E-state index in [1.54, 1.807) is 0 Å². The van der Waals surface area contributed by atoms with Gasteiger partial charge in [-0.1, -0.05) is 51.5 Å². The van der Waals surface area contributed by atoms with E-state index in [1.807, 2.05) is 0 Å². The van der Waals surface area contributed by atoms with E-state index < -0.39 is 0 Å². The minimum absolute atomic E-state index is 0.341. The average molecular weight is 289 g/mol. The molecule has 1 aromatic carbocycles. The second-order valence-electron chi connectivity index (χ2n) is 7.04. The van der Waals surface area contributed by atoms with Crippen LogP contribution in [0.2, 0.25) is 0 Å². The number of rotatable bonds is 6. The summed E-state index contributed by atoms with van der Waals surface area (Å²) in [5, 5.41) is 14.0. The number of aliphatic hydroxyl groups excluding tert-OH is 1. The first-order valence-electron chi connectivity index (χ1n) is 8.58. The summed E-state index contributed by atoms with van der Waals surface area (Å²) >= 11 is 0. The monoisotopic (exact) mass is 289 g/mol. The number of hydrogen-bond donors (Lipinski definition) is 2. The van der Waals surface area contributed by atoms with Gasteiger partial charge >= 0.3 is 0 Å². The van der Waals surface area contributed by atoms with Gasteiger partial charge in [0.15, 0.2) is 0 Å². The van der Waals surface area contributed by atoms with Gasteiger partial charge in [0.25, 0.3) is 0 Å². The van der Waals surface area contributed by atoms with Crippen molar-refractivity contribution in [3.63, 3.8) is 0 Å². The second kappa shape index (κ2) is 7.95. The van der Waals surface area contributed by atoms with Crippen molar-refractivity contribution in [2.45, 2.75) is 65.0 Å². The predicted octanol–water partition coefficient (Wildman–Crippen LogP) is 4.09. The van der Waals surface area contributed by atoms with E-state index in [2.05, 4.69) is 50.4 Å². The largest absolute Gasteiger partial charge is 0.388 e. The van der Waals surface area contributed by atoms with Gasteiger partial charge in [-0.15, -0.1) is 0 Å². The zero-order valence-electron chi connectivity index (χ0n) is 13.8. The number of hydrogen-bond acceptors (Lipinski definition) is 2. The van der Waals surface area contributed by atoms with Gasteiger partial charge in [-0.2, -0.15) is 0 Å². The highest BCUT2D eigenvalue weighted by Gasteiger charge is 2.23. The third kappa shape index (κ3) is 5.12. The lowest BCUT2D eigenvalue weighted by Gasteiger charge is -2.31. The first kappa shape index (κ1) is 16.5. The molecule has 2 rings (SSSR count). The van der Waals surface area contributed by atoms with Gasteiger partial charge in [-0.05, 0) is 55.2 Å². The van der Waals surface area contributed by atoms with E-state index in [9.17, 15) is 5.11 Å². The predicted molar refractivity (Wildman–Crippen MR) is 89.4 cm³/mol. The second-order valence-corrected chi connectivity index (χ2v) is 7.04. The Morgan fingerprint density at radius 2 is 1.95 bits per heavy atom. The summed E-state index contributed by atoms with van der Waals surface area (Å²) in [6, 6.07) is 9.00. The molecular formula is C19H31NO. The topological polar surface area (TPSA) is 32.3 Å². The summed E-state index contributed by atoms with van der Waals surface area (Å²) in [5.41, 5.74) is 2.42. The van der Waals surface area contributed by atoms with Crippen LogP contribution in [0.15, 0.2) is 24.3 Å². The van der Waals surface area contributed by atoms with Crippen molar-refractivity contribution in [3.05, 3.63) is 35.4 Å². The van der Waals surface area contributed by atoms with E-state index >= 15 is 0 Å². The van der Waals surface area contributed by atoms with Gasteiger partial charge in [0, 0.05) is 6.04 Å². The highest BCUT2D eigenvalue weighted by atomic mass is 16.3. The van der Waals surface area contributed by atoms with Gasteiger partial charge in [0.2, 0.25) is 0 Å². The summed E-state index contributed by atoms with van der Waals surface area (Å²) in [6.45, 7) is 7.85. The lowest BCUT2D eigenvalue weighted by atomic mass is 9.87. The fourth-order valence-corrected chi connectivity index (χ4v) is 3.40. The summed E-state index contributed by atoms with van der Waals surface area (Å²) in [4.78, 5) is 0. The average Bonchev–Trinajstić information content (AvgIpc) is 2.47. The Kier molecular flexibility index (Phi) is 6.25. The summed E-state index contributed by atoms with van der Waals surface area (Å²) in [6.07, 6.45) is 5.36. The molecule has 0 aromatic heterocycles. The Morgan fingerprint density at radius 1 is 1.24 bits per heavy atom. The Bertz CT molecular complexity index is 412. The molecule has 1 aliphatic rings. The minimum Gasteiger partial charge on any atom is -0.388 e. The summed E-state index contributed by atoms with van der Waals surface area (Å²) < 4.78 is 0. The molecule has 1 aromatic rings. The van der Waals surface area contributed by atoms with Crippen molar-refractivity contribution in [2.24, 2.45) is 11.8 Å². The number of nitrogens with one attached hydrogen (secondary N) is 1. The Balaban J connectivity index is 1.89. The number of piperidine rings is 1. The van der Waals surface area contributed by atoms with Crippen molar-refractivity contribution in [2.75, 3.05) is 6.54 Å². The van der Waals surface area contributed by atoms with Crippen molar-refractivity contribution >= 4 is 0 Å². The van der Waals surface area contributed by atoms with Crippen LogP contribution in [0.1, 0.15) is 63.7 Å². The van der Waals surface area contributed by atoms with Crippen LogP contribution in [0, 0.1) is 11.8 Å². The van der Waals surface area contributed by atoms with Crippen LogP contribution in [-0.4, -0.2) is 17.7 Å². The van der Waals surface area contributed by atoms with Crippen LogP contribution in [-0.2, 0) is 6.42 Å². The molecule has 2 nitrogen and oxygen atoms in total. The summed E-state index contributed by atoms with van der Waals surface area (Å²) in [5.74, 6) is 1.51. The maximum Gasteiger partial charge on any atom is 0.0804 e. The molecule has 1 saturated heterocycles. The maximum atomic E-state index is 10.5. The van der Waals surface area contributed by atoms with E-state index in [0.29, 0.717) is 12.0 Å². The molecule has 3 unspecified atom stereocenters. The Labute approximate surface area is 130 Å². The van der Waals surface area contributed by atoms with E-state index in [1.165, 1.54) is 24.8 Å². The first-order chi connectivity index (χ1) is 10.1. The van der Waals surface area contributed by atoms with Crippen molar-refractivity contribution in [3.8, 4) is 0 Å². The van der Waals surface area contributed by atoms with Crippen molar-refractivity contribution in [1.82, 2.24) is 5.32 Å². The van der Waals surface area contributed by atoms with Crippen LogP contribution in [0.3, 0.4) is 0 Å². The van der Waals surface area contributed by atoms with Crippen LogP contribution in [0.4, 0.5) is 0 Å². The number of benzene rings is 1. The van der Waals surface area contributed by atoms with E-state index in [-0.39, 0.29) is 6.10 Å². The quantitative estimate of drug-likeness (QED) is 0.827. The molecule has 0 bridgehead atoms. The lowest BCUT2D eigenvalue weighted by Crippen LogP contribution is -2.38.